The van der Waals surface area contributed by atoms with Gasteiger partial charge in [-0.2, -0.15) is 5.10 Å². The van der Waals surface area contributed by atoms with Crippen LogP contribution in [0.25, 0.3) is 5.69 Å². The summed E-state index contributed by atoms with van der Waals surface area (Å²) < 4.78 is 1.64. The maximum Gasteiger partial charge on any atom is 0.255 e. The highest BCUT2D eigenvalue weighted by molar-refractivity contribution is 7.80. The lowest BCUT2D eigenvalue weighted by atomic mass is 10.1. The van der Waals surface area contributed by atoms with Crippen molar-refractivity contribution in [3.63, 3.8) is 0 Å². The molecule has 0 aliphatic rings. The molecular weight excluding hydrogens is 272 g/mol. The van der Waals surface area contributed by atoms with E-state index in [-0.39, 0.29) is 10.9 Å². The molecule has 1 heterocycles. The molecule has 2 aromatic rings. The van der Waals surface area contributed by atoms with Crippen LogP contribution >= 0.6 is 12.2 Å². The van der Waals surface area contributed by atoms with Crippen LogP contribution in [0.5, 0.6) is 0 Å². The van der Waals surface area contributed by atoms with Gasteiger partial charge < -0.3 is 11.1 Å². The summed E-state index contributed by atoms with van der Waals surface area (Å²) in [5, 5.41) is 6.95. The minimum atomic E-state index is -0.735. The van der Waals surface area contributed by atoms with E-state index in [0.717, 1.165) is 5.69 Å². The summed E-state index contributed by atoms with van der Waals surface area (Å²) >= 11 is 4.92. The van der Waals surface area contributed by atoms with Gasteiger partial charge in [0.2, 0.25) is 0 Å². The van der Waals surface area contributed by atoms with Crippen molar-refractivity contribution in [2.45, 2.75) is 19.4 Å². The molecular formula is C14H16N4OS. The predicted molar refractivity (Wildman–Crippen MR) is 81.9 cm³/mol. The van der Waals surface area contributed by atoms with Crippen LogP contribution < -0.4 is 11.1 Å². The molecule has 0 aliphatic carbocycles. The topological polar surface area (TPSA) is 72.9 Å². The van der Waals surface area contributed by atoms with E-state index in [2.05, 4.69) is 10.4 Å². The van der Waals surface area contributed by atoms with Crippen molar-refractivity contribution in [2.24, 2.45) is 5.73 Å². The zero-order valence-corrected chi connectivity index (χ0v) is 12.1. The second-order valence-electron chi connectivity index (χ2n) is 4.95. The monoisotopic (exact) mass is 288 g/mol. The van der Waals surface area contributed by atoms with Gasteiger partial charge in [-0.3, -0.25) is 4.79 Å². The largest absolute Gasteiger partial charge is 0.391 e. The number of carbonyl (C=O) groups excluding carboxylic acids is 1. The molecule has 0 bridgehead atoms. The predicted octanol–water partition coefficient (Wildman–Crippen LogP) is 1.67. The van der Waals surface area contributed by atoms with E-state index >= 15 is 0 Å². The second kappa shape index (κ2) is 5.42. The lowest BCUT2D eigenvalue weighted by Gasteiger charge is -2.24. The number of thiocarbonyl (C=S) groups is 1. The van der Waals surface area contributed by atoms with E-state index in [1.807, 2.05) is 30.3 Å². The number of nitrogens with two attached hydrogens (primary N) is 1. The van der Waals surface area contributed by atoms with Crippen LogP contribution in [0.3, 0.4) is 0 Å². The lowest BCUT2D eigenvalue weighted by molar-refractivity contribution is 0.0932. The van der Waals surface area contributed by atoms with Gasteiger partial charge in [0.15, 0.2) is 0 Å². The second-order valence-corrected chi connectivity index (χ2v) is 5.39. The fourth-order valence-corrected chi connectivity index (χ4v) is 1.63. The smallest absolute Gasteiger partial charge is 0.255 e. The molecule has 6 heteroatoms. The first kappa shape index (κ1) is 14.2. The van der Waals surface area contributed by atoms with E-state index in [0.29, 0.717) is 5.56 Å². The van der Waals surface area contributed by atoms with Gasteiger partial charge in [0, 0.05) is 6.20 Å². The van der Waals surface area contributed by atoms with Crippen LogP contribution in [-0.4, -0.2) is 26.2 Å². The van der Waals surface area contributed by atoms with E-state index in [1.54, 1.807) is 24.7 Å². The number of rotatable bonds is 4. The molecule has 1 aromatic heterocycles. The first-order valence-corrected chi connectivity index (χ1v) is 6.53. The number of para-hydroxylation sites is 1. The minimum absolute atomic E-state index is 0.237. The van der Waals surface area contributed by atoms with E-state index in [9.17, 15) is 4.79 Å². The average molecular weight is 288 g/mol. The Hall–Kier alpha value is -2.21. The normalized spacial score (nSPS) is 11.1. The number of hydrogen-bond acceptors (Lipinski definition) is 3. The molecule has 0 saturated heterocycles. The van der Waals surface area contributed by atoms with Crippen molar-refractivity contribution >= 4 is 23.1 Å². The van der Waals surface area contributed by atoms with Crippen molar-refractivity contribution in [3.8, 4) is 5.69 Å². The number of nitrogens with zero attached hydrogens (tertiary/aromatic N) is 2. The lowest BCUT2D eigenvalue weighted by Crippen LogP contribution is -2.52. The fourth-order valence-electron chi connectivity index (χ4n) is 1.58. The van der Waals surface area contributed by atoms with Crippen LogP contribution in [0.15, 0.2) is 42.7 Å². The van der Waals surface area contributed by atoms with Gasteiger partial charge >= 0.3 is 0 Å². The summed E-state index contributed by atoms with van der Waals surface area (Å²) in [5.74, 6) is -0.259. The summed E-state index contributed by atoms with van der Waals surface area (Å²) in [6, 6.07) is 9.56. The summed E-state index contributed by atoms with van der Waals surface area (Å²) in [6.45, 7) is 3.52. The maximum absolute atomic E-state index is 12.1. The molecule has 3 N–H and O–H groups in total. The van der Waals surface area contributed by atoms with Gasteiger partial charge in [-0.15, -0.1) is 0 Å². The molecule has 0 atom stereocenters. The molecule has 5 nitrogen and oxygen atoms in total. The molecule has 0 unspecified atom stereocenters. The van der Waals surface area contributed by atoms with E-state index < -0.39 is 5.54 Å². The van der Waals surface area contributed by atoms with Crippen molar-refractivity contribution in [1.82, 2.24) is 15.1 Å². The Morgan fingerprint density at radius 2 is 2.00 bits per heavy atom. The molecule has 20 heavy (non-hydrogen) atoms. The van der Waals surface area contributed by atoms with Gasteiger partial charge in [-0.1, -0.05) is 30.4 Å². The third-order valence-corrected chi connectivity index (χ3v) is 3.42. The number of hydrogen-bond donors (Lipinski definition) is 2. The third kappa shape index (κ3) is 3.03. The van der Waals surface area contributed by atoms with E-state index in [1.165, 1.54) is 6.20 Å². The maximum atomic E-state index is 12.1. The SMILES string of the molecule is CC(C)(NC(=O)c1cnn(-c2ccccc2)c1)C(N)=S. The molecule has 104 valence electrons. The average Bonchev–Trinajstić information content (AvgIpc) is 2.88. The van der Waals surface area contributed by atoms with Gasteiger partial charge in [0.1, 0.15) is 0 Å². The van der Waals surface area contributed by atoms with Crippen molar-refractivity contribution in [1.29, 1.82) is 0 Å². The van der Waals surface area contributed by atoms with Crippen LogP contribution in [0.1, 0.15) is 24.2 Å². The molecule has 1 amide bonds. The van der Waals surface area contributed by atoms with Gasteiger partial charge in [0.25, 0.3) is 5.91 Å². The van der Waals surface area contributed by atoms with E-state index in [4.69, 9.17) is 18.0 Å². The van der Waals surface area contributed by atoms with Crippen LogP contribution in [0.2, 0.25) is 0 Å². The van der Waals surface area contributed by atoms with Crippen LogP contribution in [-0.2, 0) is 0 Å². The Kier molecular flexibility index (Phi) is 3.85. The highest BCUT2D eigenvalue weighted by Crippen LogP contribution is 2.09. The first-order chi connectivity index (χ1) is 9.40. The van der Waals surface area contributed by atoms with Gasteiger partial charge in [-0.25, -0.2) is 4.68 Å². The van der Waals surface area contributed by atoms with Crippen LogP contribution in [0.4, 0.5) is 0 Å². The van der Waals surface area contributed by atoms with Gasteiger partial charge in [-0.05, 0) is 26.0 Å². The number of benzene rings is 1. The zero-order valence-electron chi connectivity index (χ0n) is 11.3. The summed E-state index contributed by atoms with van der Waals surface area (Å²) in [7, 11) is 0. The molecule has 0 fully saturated rings. The number of carbonyl (C=O) groups is 1. The molecule has 1 aromatic carbocycles. The molecule has 0 spiro atoms. The minimum Gasteiger partial charge on any atom is -0.391 e. The van der Waals surface area contributed by atoms with Crippen LogP contribution in [0, 0.1) is 0 Å². The standard InChI is InChI=1S/C14H16N4OS/c1-14(2,13(15)20)17-12(19)10-8-16-18(9-10)11-6-4-3-5-7-11/h3-9H,1-2H3,(H2,15,20)(H,17,19). The number of amides is 1. The van der Waals surface area contributed by atoms with Gasteiger partial charge in [0.05, 0.1) is 28.0 Å². The quantitative estimate of drug-likeness (QED) is 0.839. The highest BCUT2D eigenvalue weighted by atomic mass is 32.1. The Morgan fingerprint density at radius 3 is 2.60 bits per heavy atom. The molecule has 2 rings (SSSR count). The Balaban J connectivity index is 2.17. The van der Waals surface area contributed by atoms with Crippen molar-refractivity contribution in [3.05, 3.63) is 48.3 Å². The highest BCUT2D eigenvalue weighted by Gasteiger charge is 2.24. The number of aromatic nitrogens is 2. The Labute approximate surface area is 122 Å². The Bertz CT molecular complexity index is 634. The molecule has 0 radical (unpaired) electrons. The third-order valence-electron chi connectivity index (χ3n) is 2.91. The number of nitrogens with one attached hydrogen (secondary N) is 1. The summed E-state index contributed by atoms with van der Waals surface area (Å²) in [4.78, 5) is 12.4. The fraction of sp³-hybridized carbons (Fsp3) is 0.214. The van der Waals surface area contributed by atoms with Crippen molar-refractivity contribution < 1.29 is 4.79 Å². The summed E-state index contributed by atoms with van der Waals surface area (Å²) in [6.07, 6.45) is 3.18. The molecule has 0 saturated carbocycles. The molecule has 0 aliphatic heterocycles. The Morgan fingerprint density at radius 1 is 1.35 bits per heavy atom. The van der Waals surface area contributed by atoms with Crippen molar-refractivity contribution in [2.75, 3.05) is 0 Å². The first-order valence-electron chi connectivity index (χ1n) is 6.12. The zero-order chi connectivity index (χ0) is 14.8. The summed E-state index contributed by atoms with van der Waals surface area (Å²) in [5.41, 5.74) is 6.20.